The molecule has 0 saturated carbocycles. The fourth-order valence-corrected chi connectivity index (χ4v) is 1.50. The molecule has 60 valence electrons. The summed E-state index contributed by atoms with van der Waals surface area (Å²) in [5.74, 6) is 0.781. The van der Waals surface area contributed by atoms with Crippen molar-refractivity contribution in [2.45, 2.75) is 19.8 Å². The van der Waals surface area contributed by atoms with Crippen molar-refractivity contribution in [1.82, 2.24) is 4.90 Å². The largest absolute Gasteiger partial charge is 0.366 e. The molecule has 0 aromatic rings. The molecule has 10 heavy (non-hydrogen) atoms. The number of rotatable bonds is 2. The Labute approximate surface area is 63.2 Å². The minimum atomic E-state index is 0.781. The van der Waals surface area contributed by atoms with Crippen molar-refractivity contribution in [1.29, 1.82) is 0 Å². The van der Waals surface area contributed by atoms with Crippen LogP contribution in [0.3, 0.4) is 0 Å². The summed E-state index contributed by atoms with van der Waals surface area (Å²) < 4.78 is 5.37. The van der Waals surface area contributed by atoms with Gasteiger partial charge in [-0.3, -0.25) is 4.90 Å². The Balaban J connectivity index is 2.18. The lowest BCUT2D eigenvalue weighted by atomic mass is 10.0. The van der Waals surface area contributed by atoms with Crippen molar-refractivity contribution in [2.24, 2.45) is 5.92 Å². The Morgan fingerprint density at radius 3 is 3.00 bits per heavy atom. The van der Waals surface area contributed by atoms with E-state index in [1.165, 1.54) is 19.4 Å². The topological polar surface area (TPSA) is 12.5 Å². The summed E-state index contributed by atoms with van der Waals surface area (Å²) in [5.41, 5.74) is 0. The van der Waals surface area contributed by atoms with Crippen LogP contribution in [0.1, 0.15) is 19.8 Å². The molecule has 2 heteroatoms. The van der Waals surface area contributed by atoms with Gasteiger partial charge in [-0.25, -0.2) is 0 Å². The van der Waals surface area contributed by atoms with Gasteiger partial charge in [0.25, 0.3) is 0 Å². The van der Waals surface area contributed by atoms with Crippen molar-refractivity contribution in [3.8, 4) is 0 Å². The molecular weight excluding hydrogens is 126 g/mol. The first-order chi connectivity index (χ1) is 4.83. The zero-order valence-electron chi connectivity index (χ0n) is 6.97. The predicted molar refractivity (Wildman–Crippen MR) is 41.8 cm³/mol. The van der Waals surface area contributed by atoms with Crippen LogP contribution in [-0.4, -0.2) is 31.8 Å². The standard InChI is InChI=1S/C8H17NO/c1-3-4-8-5-9(2)7-10-6-8/h8H,3-7H2,1-2H3. The first-order valence-electron chi connectivity index (χ1n) is 4.09. The van der Waals surface area contributed by atoms with Gasteiger partial charge in [-0.1, -0.05) is 13.3 Å². The van der Waals surface area contributed by atoms with Crippen molar-refractivity contribution in [3.05, 3.63) is 0 Å². The van der Waals surface area contributed by atoms with Gasteiger partial charge in [0.15, 0.2) is 0 Å². The smallest absolute Gasteiger partial charge is 0.0987 e. The van der Waals surface area contributed by atoms with E-state index in [9.17, 15) is 0 Å². The highest BCUT2D eigenvalue weighted by atomic mass is 16.5. The lowest BCUT2D eigenvalue weighted by Gasteiger charge is -2.29. The van der Waals surface area contributed by atoms with Crippen molar-refractivity contribution < 1.29 is 4.74 Å². The van der Waals surface area contributed by atoms with Gasteiger partial charge in [-0.05, 0) is 19.4 Å². The molecule has 0 amide bonds. The molecule has 1 aliphatic heterocycles. The molecule has 0 radical (unpaired) electrons. The molecule has 0 aliphatic carbocycles. The second-order valence-corrected chi connectivity index (χ2v) is 3.19. The Bertz CT molecular complexity index is 93.3. The molecule has 1 unspecified atom stereocenters. The summed E-state index contributed by atoms with van der Waals surface area (Å²) >= 11 is 0. The molecule has 2 nitrogen and oxygen atoms in total. The van der Waals surface area contributed by atoms with Gasteiger partial charge in [-0.2, -0.15) is 0 Å². The van der Waals surface area contributed by atoms with E-state index in [0.717, 1.165) is 19.3 Å². The van der Waals surface area contributed by atoms with E-state index in [1.54, 1.807) is 0 Å². The van der Waals surface area contributed by atoms with Crippen LogP contribution < -0.4 is 0 Å². The van der Waals surface area contributed by atoms with E-state index >= 15 is 0 Å². The highest BCUT2D eigenvalue weighted by molar-refractivity contribution is 4.64. The highest BCUT2D eigenvalue weighted by Gasteiger charge is 2.15. The Hall–Kier alpha value is -0.0800. The molecule has 0 N–H and O–H groups in total. The summed E-state index contributed by atoms with van der Waals surface area (Å²) in [6, 6.07) is 0. The van der Waals surface area contributed by atoms with Gasteiger partial charge in [0.1, 0.15) is 0 Å². The van der Waals surface area contributed by atoms with E-state index in [4.69, 9.17) is 4.74 Å². The third-order valence-electron chi connectivity index (χ3n) is 1.93. The molecule has 1 saturated heterocycles. The van der Waals surface area contributed by atoms with E-state index in [0.29, 0.717) is 0 Å². The monoisotopic (exact) mass is 143 g/mol. The van der Waals surface area contributed by atoms with Gasteiger partial charge in [-0.15, -0.1) is 0 Å². The lowest BCUT2D eigenvalue weighted by molar-refractivity contribution is -0.0351. The minimum Gasteiger partial charge on any atom is -0.366 e. The van der Waals surface area contributed by atoms with Crippen LogP contribution in [0.25, 0.3) is 0 Å². The first kappa shape index (κ1) is 8.02. The molecule has 0 aromatic carbocycles. The molecule has 1 rings (SSSR count). The van der Waals surface area contributed by atoms with Gasteiger partial charge in [0, 0.05) is 6.54 Å². The van der Waals surface area contributed by atoms with Crippen LogP contribution in [-0.2, 0) is 4.74 Å². The fraction of sp³-hybridized carbons (Fsp3) is 1.00. The summed E-state index contributed by atoms with van der Waals surface area (Å²) in [7, 11) is 2.11. The average molecular weight is 143 g/mol. The van der Waals surface area contributed by atoms with Crippen molar-refractivity contribution >= 4 is 0 Å². The molecule has 1 aliphatic rings. The normalized spacial score (nSPS) is 28.8. The van der Waals surface area contributed by atoms with Crippen LogP contribution in [0, 0.1) is 5.92 Å². The Kier molecular flexibility index (Phi) is 3.16. The van der Waals surface area contributed by atoms with E-state index in [2.05, 4.69) is 18.9 Å². The highest BCUT2D eigenvalue weighted by Crippen LogP contribution is 2.12. The molecule has 0 bridgehead atoms. The van der Waals surface area contributed by atoms with Crippen LogP contribution in [0.5, 0.6) is 0 Å². The number of hydrogen-bond donors (Lipinski definition) is 0. The second-order valence-electron chi connectivity index (χ2n) is 3.19. The zero-order chi connectivity index (χ0) is 7.40. The van der Waals surface area contributed by atoms with Gasteiger partial charge in [0.05, 0.1) is 13.3 Å². The quantitative estimate of drug-likeness (QED) is 0.578. The summed E-state index contributed by atoms with van der Waals surface area (Å²) in [4.78, 5) is 2.24. The van der Waals surface area contributed by atoms with Gasteiger partial charge >= 0.3 is 0 Å². The fourth-order valence-electron chi connectivity index (χ4n) is 1.50. The third kappa shape index (κ3) is 2.27. The third-order valence-corrected chi connectivity index (χ3v) is 1.93. The maximum atomic E-state index is 5.37. The summed E-state index contributed by atoms with van der Waals surface area (Å²) in [6.07, 6.45) is 2.59. The average Bonchev–Trinajstić information content (AvgIpc) is 1.88. The molecule has 1 atom stereocenters. The summed E-state index contributed by atoms with van der Waals surface area (Å²) in [5, 5.41) is 0. The predicted octanol–water partition coefficient (Wildman–Crippen LogP) is 1.32. The molecule has 1 heterocycles. The van der Waals surface area contributed by atoms with Crippen LogP contribution >= 0.6 is 0 Å². The van der Waals surface area contributed by atoms with E-state index in [1.807, 2.05) is 0 Å². The lowest BCUT2D eigenvalue weighted by Crippen LogP contribution is -2.36. The first-order valence-corrected chi connectivity index (χ1v) is 4.09. The van der Waals surface area contributed by atoms with Crippen LogP contribution in [0.15, 0.2) is 0 Å². The van der Waals surface area contributed by atoms with Gasteiger partial charge < -0.3 is 4.74 Å². The van der Waals surface area contributed by atoms with Gasteiger partial charge in [0.2, 0.25) is 0 Å². The Morgan fingerprint density at radius 2 is 2.40 bits per heavy atom. The summed E-state index contributed by atoms with van der Waals surface area (Å²) in [6.45, 7) is 5.24. The number of hydrogen-bond acceptors (Lipinski definition) is 2. The second kappa shape index (κ2) is 3.94. The van der Waals surface area contributed by atoms with Crippen molar-refractivity contribution in [3.63, 3.8) is 0 Å². The van der Waals surface area contributed by atoms with Crippen LogP contribution in [0.4, 0.5) is 0 Å². The maximum absolute atomic E-state index is 5.37. The Morgan fingerprint density at radius 1 is 1.60 bits per heavy atom. The molecule has 1 fully saturated rings. The van der Waals surface area contributed by atoms with Crippen LogP contribution in [0.2, 0.25) is 0 Å². The SMILES string of the molecule is CCCC1COCN(C)C1. The molecule has 0 spiro atoms. The molecule has 0 aromatic heterocycles. The van der Waals surface area contributed by atoms with Crippen molar-refractivity contribution in [2.75, 3.05) is 26.9 Å². The number of ether oxygens (including phenoxy) is 1. The zero-order valence-corrected chi connectivity index (χ0v) is 6.97. The molecular formula is C8H17NO. The maximum Gasteiger partial charge on any atom is 0.0987 e. The number of nitrogens with zero attached hydrogens (tertiary/aromatic N) is 1. The van der Waals surface area contributed by atoms with E-state index in [-0.39, 0.29) is 0 Å². The van der Waals surface area contributed by atoms with E-state index < -0.39 is 0 Å². The minimum absolute atomic E-state index is 0.781.